The normalized spacial score (nSPS) is 19.2. The van der Waals surface area contributed by atoms with Crippen molar-refractivity contribution in [2.75, 3.05) is 32.7 Å². The van der Waals surface area contributed by atoms with Gasteiger partial charge in [0.25, 0.3) is 0 Å². The highest BCUT2D eigenvalue weighted by Crippen LogP contribution is 1.97. The highest BCUT2D eigenvalue weighted by Gasteiger charge is 2.07. The van der Waals surface area contributed by atoms with Crippen LogP contribution in [0.25, 0.3) is 0 Å². The third kappa shape index (κ3) is 5.24. The van der Waals surface area contributed by atoms with Gasteiger partial charge in [-0.1, -0.05) is 26.2 Å². The summed E-state index contributed by atoms with van der Waals surface area (Å²) < 4.78 is 0. The van der Waals surface area contributed by atoms with Gasteiger partial charge >= 0.3 is 0 Å². The van der Waals surface area contributed by atoms with Crippen molar-refractivity contribution in [2.24, 2.45) is 0 Å². The van der Waals surface area contributed by atoms with Gasteiger partial charge in [0.2, 0.25) is 0 Å². The molecule has 0 aliphatic carbocycles. The first-order chi connectivity index (χ1) is 6.43. The van der Waals surface area contributed by atoms with Crippen LogP contribution in [0.1, 0.15) is 32.6 Å². The molecule has 78 valence electrons. The second kappa shape index (κ2) is 7.30. The van der Waals surface area contributed by atoms with Crippen LogP contribution in [0.15, 0.2) is 0 Å². The number of rotatable bonds is 6. The molecule has 13 heavy (non-hydrogen) atoms. The maximum atomic E-state index is 3.47. The Balaban J connectivity index is 1.86. The monoisotopic (exact) mass is 185 g/mol. The van der Waals surface area contributed by atoms with Crippen molar-refractivity contribution in [3.05, 3.63) is 0 Å². The van der Waals surface area contributed by atoms with Crippen LogP contribution in [-0.4, -0.2) is 37.7 Å². The zero-order valence-electron chi connectivity index (χ0n) is 8.81. The van der Waals surface area contributed by atoms with Crippen LogP contribution >= 0.6 is 0 Å². The highest BCUT2D eigenvalue weighted by molar-refractivity contribution is 4.63. The molecule has 1 fully saturated rings. The van der Waals surface area contributed by atoms with Crippen LogP contribution in [0, 0.1) is 0 Å². The molecule has 0 atom stereocenters. The van der Waals surface area contributed by atoms with E-state index in [2.05, 4.69) is 22.7 Å². The maximum Gasteiger partial charge on any atom is 0.0256 e. The van der Waals surface area contributed by atoms with E-state index in [1.54, 1.807) is 0 Å². The Morgan fingerprint density at radius 1 is 1.15 bits per heavy atom. The second-order valence-electron chi connectivity index (χ2n) is 3.71. The number of nitrogens with one attached hydrogen (secondary N) is 2. The minimum atomic E-state index is 1.13. The molecule has 0 radical (unpaired) electrons. The smallest absolute Gasteiger partial charge is 0.0256 e. The Hall–Kier alpha value is -0.120. The van der Waals surface area contributed by atoms with Gasteiger partial charge in [0.1, 0.15) is 0 Å². The topological polar surface area (TPSA) is 27.3 Å². The van der Waals surface area contributed by atoms with Crippen molar-refractivity contribution in [1.82, 2.24) is 15.8 Å². The number of unbranched alkanes of at least 4 members (excludes halogenated alkanes) is 3. The molecule has 2 N–H and O–H groups in total. The first-order valence-electron chi connectivity index (χ1n) is 5.62. The Labute approximate surface area is 81.8 Å². The lowest BCUT2D eigenvalue weighted by Crippen LogP contribution is -2.50. The van der Waals surface area contributed by atoms with Crippen molar-refractivity contribution < 1.29 is 0 Å². The molecule has 0 aromatic heterocycles. The van der Waals surface area contributed by atoms with E-state index in [-0.39, 0.29) is 0 Å². The first kappa shape index (κ1) is 11.0. The highest BCUT2D eigenvalue weighted by atomic mass is 15.5. The van der Waals surface area contributed by atoms with Crippen molar-refractivity contribution in [2.45, 2.75) is 32.6 Å². The standard InChI is InChI=1S/C10H23N3/c1-2-3-4-5-6-12-13-9-7-11-8-10-13/h11-12H,2-10H2,1H3. The number of hydrogen-bond acceptors (Lipinski definition) is 3. The quantitative estimate of drug-likeness (QED) is 0.604. The summed E-state index contributed by atoms with van der Waals surface area (Å²) in [5.74, 6) is 0. The molecule has 0 saturated carbocycles. The van der Waals surface area contributed by atoms with Crippen molar-refractivity contribution in [1.29, 1.82) is 0 Å². The fourth-order valence-electron chi connectivity index (χ4n) is 1.61. The number of hydrogen-bond donors (Lipinski definition) is 2. The van der Waals surface area contributed by atoms with E-state index in [0.29, 0.717) is 0 Å². The van der Waals surface area contributed by atoms with Crippen molar-refractivity contribution in [3.63, 3.8) is 0 Å². The van der Waals surface area contributed by atoms with Crippen molar-refractivity contribution >= 4 is 0 Å². The van der Waals surface area contributed by atoms with Gasteiger partial charge in [-0.3, -0.25) is 5.43 Å². The molecule has 1 rings (SSSR count). The van der Waals surface area contributed by atoms with Crippen LogP contribution in [0.5, 0.6) is 0 Å². The number of nitrogens with zero attached hydrogens (tertiary/aromatic N) is 1. The van der Waals surface area contributed by atoms with E-state index in [1.165, 1.54) is 25.7 Å². The summed E-state index contributed by atoms with van der Waals surface area (Å²) in [6.45, 7) is 7.95. The molecule has 1 saturated heterocycles. The number of hydrazine groups is 1. The van der Waals surface area contributed by atoms with E-state index >= 15 is 0 Å². The van der Waals surface area contributed by atoms with Gasteiger partial charge in [0.15, 0.2) is 0 Å². The van der Waals surface area contributed by atoms with Crippen molar-refractivity contribution in [3.8, 4) is 0 Å². The van der Waals surface area contributed by atoms with Crippen LogP contribution in [0.4, 0.5) is 0 Å². The molecule has 0 aromatic rings. The zero-order valence-corrected chi connectivity index (χ0v) is 8.81. The largest absolute Gasteiger partial charge is 0.314 e. The molecular weight excluding hydrogens is 162 g/mol. The molecule has 0 amide bonds. The molecule has 1 aliphatic heterocycles. The summed E-state index contributed by atoms with van der Waals surface area (Å²) in [6.07, 6.45) is 5.39. The van der Waals surface area contributed by atoms with Gasteiger partial charge in [0, 0.05) is 32.7 Å². The van der Waals surface area contributed by atoms with Gasteiger partial charge < -0.3 is 5.32 Å². The molecule has 3 heteroatoms. The van der Waals surface area contributed by atoms with E-state index in [1.807, 2.05) is 0 Å². The van der Waals surface area contributed by atoms with Gasteiger partial charge in [-0.05, 0) is 6.42 Å². The predicted molar refractivity (Wildman–Crippen MR) is 56.6 cm³/mol. The SMILES string of the molecule is CCCCCCNN1CCNCC1. The predicted octanol–water partition coefficient (Wildman–Crippen LogP) is 0.977. The van der Waals surface area contributed by atoms with E-state index in [4.69, 9.17) is 0 Å². The third-order valence-corrected chi connectivity index (χ3v) is 2.48. The third-order valence-electron chi connectivity index (χ3n) is 2.48. The summed E-state index contributed by atoms with van der Waals surface area (Å²) in [6, 6.07) is 0. The molecule has 1 heterocycles. The summed E-state index contributed by atoms with van der Waals surface area (Å²) in [5.41, 5.74) is 3.47. The minimum Gasteiger partial charge on any atom is -0.314 e. The van der Waals surface area contributed by atoms with Crippen LogP contribution in [0.2, 0.25) is 0 Å². The summed E-state index contributed by atoms with van der Waals surface area (Å²) in [7, 11) is 0. The summed E-state index contributed by atoms with van der Waals surface area (Å²) >= 11 is 0. The molecule has 0 aromatic carbocycles. The van der Waals surface area contributed by atoms with E-state index < -0.39 is 0 Å². The molecule has 0 spiro atoms. The Morgan fingerprint density at radius 3 is 2.62 bits per heavy atom. The lowest BCUT2D eigenvalue weighted by atomic mass is 10.2. The fraction of sp³-hybridized carbons (Fsp3) is 1.00. The number of piperazine rings is 1. The Kier molecular flexibility index (Phi) is 6.15. The fourth-order valence-corrected chi connectivity index (χ4v) is 1.61. The lowest BCUT2D eigenvalue weighted by Gasteiger charge is -2.27. The van der Waals surface area contributed by atoms with Crippen LogP contribution < -0.4 is 10.7 Å². The molecule has 0 unspecified atom stereocenters. The molecule has 1 aliphatic rings. The van der Waals surface area contributed by atoms with Crippen LogP contribution in [-0.2, 0) is 0 Å². The van der Waals surface area contributed by atoms with Gasteiger partial charge in [-0.2, -0.15) is 0 Å². The Bertz CT molecular complexity index is 111. The minimum absolute atomic E-state index is 1.13. The lowest BCUT2D eigenvalue weighted by molar-refractivity contribution is 0.163. The van der Waals surface area contributed by atoms with E-state index in [9.17, 15) is 0 Å². The Morgan fingerprint density at radius 2 is 1.92 bits per heavy atom. The van der Waals surface area contributed by atoms with Gasteiger partial charge in [-0.25, -0.2) is 5.01 Å². The molecular formula is C10H23N3. The summed E-state index contributed by atoms with van der Waals surface area (Å²) in [5, 5.41) is 5.68. The molecule has 0 bridgehead atoms. The maximum absolute atomic E-state index is 3.47. The van der Waals surface area contributed by atoms with Crippen LogP contribution in [0.3, 0.4) is 0 Å². The molecule has 3 nitrogen and oxygen atoms in total. The van der Waals surface area contributed by atoms with Gasteiger partial charge in [-0.15, -0.1) is 0 Å². The van der Waals surface area contributed by atoms with E-state index in [0.717, 1.165) is 32.7 Å². The average molecular weight is 185 g/mol. The second-order valence-corrected chi connectivity index (χ2v) is 3.71. The first-order valence-corrected chi connectivity index (χ1v) is 5.62. The zero-order chi connectivity index (χ0) is 9.36. The van der Waals surface area contributed by atoms with Gasteiger partial charge in [0.05, 0.1) is 0 Å². The average Bonchev–Trinajstić information content (AvgIpc) is 2.19. The summed E-state index contributed by atoms with van der Waals surface area (Å²) in [4.78, 5) is 0.